The summed E-state index contributed by atoms with van der Waals surface area (Å²) in [5.74, 6) is -1.68. The van der Waals surface area contributed by atoms with E-state index in [1.807, 2.05) is 0 Å². The van der Waals surface area contributed by atoms with Gasteiger partial charge in [0.1, 0.15) is 0 Å². The average Bonchev–Trinajstić information content (AvgIpc) is 2.76. The zero-order chi connectivity index (χ0) is 23.9. The van der Waals surface area contributed by atoms with Crippen LogP contribution in [0.5, 0.6) is 0 Å². The van der Waals surface area contributed by atoms with Crippen molar-refractivity contribution in [1.29, 1.82) is 0 Å². The molecule has 0 fully saturated rings. The number of unbranched alkanes of at least 4 members (excludes halogenated alkanes) is 3. The van der Waals surface area contributed by atoms with Crippen molar-refractivity contribution in [3.63, 3.8) is 0 Å². The number of hydrogen-bond donors (Lipinski definition) is 1. The standard InChI is InChI=1S/C12H27P.C10H10O7S/c1-4-7-10-13(11-8-5-2)12-9-6-3;1-16-9(11)6-3-7(10(12)17-2)5-8(4-6)18(13,14)15/h4-12H2,1-3H3;3-5H,1-2H3,(H,13,14,15). The highest BCUT2D eigenvalue weighted by atomic mass is 32.2. The number of carbonyl (C=O) groups is 2. The van der Waals surface area contributed by atoms with E-state index in [-0.39, 0.29) is 11.1 Å². The molecule has 0 bridgehead atoms. The minimum atomic E-state index is -4.55. The van der Waals surface area contributed by atoms with Crippen LogP contribution in [0.15, 0.2) is 23.1 Å². The van der Waals surface area contributed by atoms with Crippen molar-refractivity contribution in [3.8, 4) is 0 Å². The summed E-state index contributed by atoms with van der Waals surface area (Å²) in [5.41, 5.74) is -0.374. The minimum absolute atomic E-state index is 0.187. The van der Waals surface area contributed by atoms with Crippen LogP contribution in [0.4, 0.5) is 0 Å². The Morgan fingerprint density at radius 1 is 0.806 bits per heavy atom. The lowest BCUT2D eigenvalue weighted by molar-refractivity contribution is 0.0598. The average molecular weight is 477 g/mol. The van der Waals surface area contributed by atoms with Gasteiger partial charge < -0.3 is 9.47 Å². The molecule has 0 unspecified atom stereocenters. The zero-order valence-electron chi connectivity index (χ0n) is 19.3. The van der Waals surface area contributed by atoms with Crippen LogP contribution in [0.2, 0.25) is 0 Å². The van der Waals surface area contributed by atoms with Crippen LogP contribution >= 0.6 is 7.92 Å². The highest BCUT2D eigenvalue weighted by Gasteiger charge is 2.19. The molecule has 9 heteroatoms. The van der Waals surface area contributed by atoms with Crippen molar-refractivity contribution in [3.05, 3.63) is 29.3 Å². The lowest BCUT2D eigenvalue weighted by Gasteiger charge is -2.16. The Kier molecular flexibility index (Phi) is 15.4. The van der Waals surface area contributed by atoms with Crippen LogP contribution in [0.1, 0.15) is 80.0 Å². The van der Waals surface area contributed by atoms with Gasteiger partial charge in [0.05, 0.1) is 30.2 Å². The number of benzene rings is 1. The van der Waals surface area contributed by atoms with Crippen molar-refractivity contribution in [1.82, 2.24) is 0 Å². The van der Waals surface area contributed by atoms with Gasteiger partial charge in [0.15, 0.2) is 0 Å². The summed E-state index contributed by atoms with van der Waals surface area (Å²) in [6.07, 6.45) is 13.2. The highest BCUT2D eigenvalue weighted by molar-refractivity contribution is 7.85. The molecular weight excluding hydrogens is 439 g/mol. The molecule has 0 aliphatic carbocycles. The van der Waals surface area contributed by atoms with Gasteiger partial charge >= 0.3 is 11.9 Å². The topological polar surface area (TPSA) is 107 Å². The lowest BCUT2D eigenvalue weighted by atomic mass is 10.1. The maximum absolute atomic E-state index is 11.3. The molecule has 0 saturated heterocycles. The summed E-state index contributed by atoms with van der Waals surface area (Å²) >= 11 is 0. The molecule has 7 nitrogen and oxygen atoms in total. The first-order valence-corrected chi connectivity index (χ1v) is 14.0. The molecule has 0 saturated carbocycles. The number of ether oxygens (including phenoxy) is 2. The van der Waals surface area contributed by atoms with Gasteiger partial charge in [0.25, 0.3) is 10.1 Å². The largest absolute Gasteiger partial charge is 0.465 e. The molecule has 0 aliphatic heterocycles. The van der Waals surface area contributed by atoms with Crippen molar-refractivity contribution < 1.29 is 32.0 Å². The maximum atomic E-state index is 11.3. The predicted molar refractivity (Wildman–Crippen MR) is 125 cm³/mol. The Labute approximate surface area is 188 Å². The maximum Gasteiger partial charge on any atom is 0.337 e. The molecule has 0 atom stereocenters. The van der Waals surface area contributed by atoms with Gasteiger partial charge in [0, 0.05) is 0 Å². The van der Waals surface area contributed by atoms with E-state index in [9.17, 15) is 18.0 Å². The van der Waals surface area contributed by atoms with Crippen LogP contribution in [0.25, 0.3) is 0 Å². The molecule has 0 aliphatic rings. The van der Waals surface area contributed by atoms with Crippen molar-refractivity contribution >= 4 is 30.0 Å². The number of esters is 2. The number of rotatable bonds is 12. The van der Waals surface area contributed by atoms with Gasteiger partial charge in [-0.2, -0.15) is 8.42 Å². The Balaban J connectivity index is 0.000000615. The first-order chi connectivity index (χ1) is 14.6. The van der Waals surface area contributed by atoms with Gasteiger partial charge in [-0.25, -0.2) is 9.59 Å². The quantitative estimate of drug-likeness (QED) is 0.245. The number of methoxy groups -OCH3 is 2. The second-order valence-corrected chi connectivity index (χ2v) is 11.2. The molecule has 0 amide bonds. The molecule has 0 spiro atoms. The van der Waals surface area contributed by atoms with Crippen LogP contribution in [-0.4, -0.2) is 57.6 Å². The van der Waals surface area contributed by atoms with E-state index in [2.05, 4.69) is 30.2 Å². The second-order valence-electron chi connectivity index (χ2n) is 7.11. The number of carbonyl (C=O) groups excluding carboxylic acids is 2. The fourth-order valence-corrected chi connectivity index (χ4v) is 6.21. The Hall–Kier alpha value is -1.50. The van der Waals surface area contributed by atoms with Crippen LogP contribution in [0.3, 0.4) is 0 Å². The Morgan fingerprint density at radius 2 is 1.16 bits per heavy atom. The molecular formula is C22H37O7PS. The highest BCUT2D eigenvalue weighted by Crippen LogP contribution is 2.38. The van der Waals surface area contributed by atoms with Gasteiger partial charge in [0.2, 0.25) is 0 Å². The SMILES string of the molecule is CCCCP(CCCC)CCCC.COC(=O)c1cc(C(=O)OC)cc(S(=O)(=O)O)c1. The van der Waals surface area contributed by atoms with E-state index < -0.39 is 27.0 Å². The Morgan fingerprint density at radius 3 is 1.42 bits per heavy atom. The third-order valence-corrected chi connectivity index (χ3v) is 8.21. The summed E-state index contributed by atoms with van der Waals surface area (Å²) in [4.78, 5) is 22.0. The van der Waals surface area contributed by atoms with Gasteiger partial charge in [-0.15, -0.1) is 7.92 Å². The first kappa shape index (κ1) is 29.5. The van der Waals surface area contributed by atoms with Gasteiger partial charge in [-0.3, -0.25) is 4.55 Å². The number of hydrogen-bond acceptors (Lipinski definition) is 6. The molecule has 178 valence electrons. The Bertz CT molecular complexity index is 725. The second kappa shape index (κ2) is 16.2. The van der Waals surface area contributed by atoms with Crippen LogP contribution in [-0.2, 0) is 19.6 Å². The normalized spacial score (nSPS) is 10.9. The van der Waals surface area contributed by atoms with E-state index in [1.165, 1.54) is 38.5 Å². The summed E-state index contributed by atoms with van der Waals surface area (Å²) in [6, 6.07) is 2.90. The lowest BCUT2D eigenvalue weighted by Crippen LogP contribution is -2.09. The summed E-state index contributed by atoms with van der Waals surface area (Å²) < 4.78 is 39.7. The monoisotopic (exact) mass is 476 g/mol. The summed E-state index contributed by atoms with van der Waals surface area (Å²) in [5, 5.41) is 0. The van der Waals surface area contributed by atoms with Gasteiger partial charge in [-0.1, -0.05) is 40.0 Å². The molecule has 0 radical (unpaired) electrons. The molecule has 1 aromatic rings. The fourth-order valence-electron chi connectivity index (χ4n) is 2.70. The third-order valence-electron chi connectivity index (χ3n) is 4.53. The minimum Gasteiger partial charge on any atom is -0.465 e. The van der Waals surface area contributed by atoms with E-state index in [0.29, 0.717) is 7.92 Å². The van der Waals surface area contributed by atoms with Gasteiger partial charge in [-0.05, 0) is 55.9 Å². The third kappa shape index (κ3) is 12.2. The van der Waals surface area contributed by atoms with Crippen molar-refractivity contribution in [2.24, 2.45) is 0 Å². The molecule has 1 N–H and O–H groups in total. The van der Waals surface area contributed by atoms with E-state index >= 15 is 0 Å². The predicted octanol–water partition coefficient (Wildman–Crippen LogP) is 5.38. The smallest absolute Gasteiger partial charge is 0.337 e. The fraction of sp³-hybridized carbons (Fsp3) is 0.636. The first-order valence-electron chi connectivity index (χ1n) is 10.7. The zero-order valence-corrected chi connectivity index (χ0v) is 21.1. The van der Waals surface area contributed by atoms with Crippen molar-refractivity contribution in [2.75, 3.05) is 32.7 Å². The molecule has 1 rings (SSSR count). The molecule has 0 heterocycles. The van der Waals surface area contributed by atoms with Crippen LogP contribution < -0.4 is 0 Å². The van der Waals surface area contributed by atoms with E-state index in [1.54, 1.807) is 18.5 Å². The molecule has 1 aromatic carbocycles. The van der Waals surface area contributed by atoms with Crippen LogP contribution in [0, 0.1) is 0 Å². The van der Waals surface area contributed by atoms with E-state index in [0.717, 1.165) is 32.4 Å². The summed E-state index contributed by atoms with van der Waals surface area (Å²) in [6.45, 7) is 6.94. The molecule has 0 aromatic heterocycles. The van der Waals surface area contributed by atoms with Crippen molar-refractivity contribution in [2.45, 2.75) is 64.2 Å². The van der Waals surface area contributed by atoms with E-state index in [4.69, 9.17) is 4.55 Å². The summed E-state index contributed by atoms with van der Waals surface area (Å²) in [7, 11) is -1.93. The molecule has 31 heavy (non-hydrogen) atoms.